The Morgan fingerprint density at radius 3 is 2.45 bits per heavy atom. The molecule has 0 fully saturated rings. The lowest BCUT2D eigenvalue weighted by Crippen LogP contribution is -2.38. The number of carbonyl (C=O) groups excluding carboxylic acids is 1. The van der Waals surface area contributed by atoms with Crippen LogP contribution in [0.3, 0.4) is 0 Å². The Bertz CT molecular complexity index is 204. The lowest BCUT2D eigenvalue weighted by molar-refractivity contribution is -0.130. The molecule has 11 heavy (non-hydrogen) atoms. The Balaban J connectivity index is 4.35. The number of nitrogens with two attached hydrogens (primary N) is 1. The Morgan fingerprint density at radius 2 is 2.18 bits per heavy atom. The molecule has 3 heteroatoms. The van der Waals surface area contributed by atoms with Gasteiger partial charge in [-0.25, -0.2) is 0 Å². The van der Waals surface area contributed by atoms with Gasteiger partial charge >= 0.3 is 0 Å². The largest absolute Gasteiger partial charge is 0.376 e. The summed E-state index contributed by atoms with van der Waals surface area (Å²) in [5, 5.41) is 9.24. The first kappa shape index (κ1) is 9.91. The van der Waals surface area contributed by atoms with Crippen molar-refractivity contribution in [1.82, 2.24) is 0 Å². The lowest BCUT2D eigenvalue weighted by atomic mass is 10.1. The molecule has 1 unspecified atom stereocenters. The predicted octanol–water partition coefficient (Wildman–Crippen LogP) is 0.355. The molecule has 3 nitrogen and oxygen atoms in total. The summed E-state index contributed by atoms with van der Waals surface area (Å²) in [4.78, 5) is 10.5. The minimum absolute atomic E-state index is 0.756. The van der Waals surface area contributed by atoms with Gasteiger partial charge in [0.25, 0.3) is 5.91 Å². The molecule has 0 aliphatic carbocycles. The van der Waals surface area contributed by atoms with Gasteiger partial charge < -0.3 is 10.8 Å². The Hall–Kier alpha value is -1.09. The maximum Gasteiger partial charge on any atom is 0.253 e. The van der Waals surface area contributed by atoms with Crippen LogP contribution in [0.15, 0.2) is 24.3 Å². The maximum atomic E-state index is 10.5. The minimum Gasteiger partial charge on any atom is -0.376 e. The van der Waals surface area contributed by atoms with Crippen LogP contribution in [0.25, 0.3) is 0 Å². The summed E-state index contributed by atoms with van der Waals surface area (Å²) >= 11 is 0. The zero-order valence-electron chi connectivity index (χ0n) is 6.79. The molecule has 62 valence electrons. The second-order valence-corrected chi connectivity index (χ2v) is 2.69. The minimum atomic E-state index is -1.57. The van der Waals surface area contributed by atoms with Gasteiger partial charge in [0.2, 0.25) is 0 Å². The highest BCUT2D eigenvalue weighted by atomic mass is 16.3. The van der Waals surface area contributed by atoms with E-state index in [0.717, 1.165) is 5.57 Å². The van der Waals surface area contributed by atoms with Crippen molar-refractivity contribution < 1.29 is 9.90 Å². The van der Waals surface area contributed by atoms with Gasteiger partial charge in [0, 0.05) is 0 Å². The van der Waals surface area contributed by atoms with Crippen molar-refractivity contribution in [3.05, 3.63) is 24.3 Å². The Kier molecular flexibility index (Phi) is 3.01. The van der Waals surface area contributed by atoms with E-state index in [1.54, 1.807) is 13.0 Å². The molecule has 0 aromatic heterocycles. The number of carbonyl (C=O) groups is 1. The van der Waals surface area contributed by atoms with Crippen LogP contribution < -0.4 is 5.73 Å². The molecule has 1 amide bonds. The van der Waals surface area contributed by atoms with E-state index in [1.807, 2.05) is 0 Å². The number of aliphatic hydroxyl groups is 1. The number of amides is 1. The van der Waals surface area contributed by atoms with Crippen LogP contribution in [0.1, 0.15) is 13.8 Å². The van der Waals surface area contributed by atoms with Gasteiger partial charge in [0.05, 0.1) is 0 Å². The fourth-order valence-corrected chi connectivity index (χ4v) is 0.387. The van der Waals surface area contributed by atoms with E-state index in [0.29, 0.717) is 0 Å². The van der Waals surface area contributed by atoms with Gasteiger partial charge in [-0.3, -0.25) is 4.79 Å². The number of hydrogen-bond donors (Lipinski definition) is 2. The molecule has 0 aromatic carbocycles. The van der Waals surface area contributed by atoms with Crippen molar-refractivity contribution in [2.75, 3.05) is 0 Å². The average molecular weight is 155 g/mol. The van der Waals surface area contributed by atoms with E-state index in [2.05, 4.69) is 6.58 Å². The third-order valence-corrected chi connectivity index (χ3v) is 1.19. The van der Waals surface area contributed by atoms with Gasteiger partial charge in [0.15, 0.2) is 5.60 Å². The molecule has 0 aliphatic rings. The second-order valence-electron chi connectivity index (χ2n) is 2.69. The first-order valence-corrected chi connectivity index (χ1v) is 3.23. The van der Waals surface area contributed by atoms with Crippen molar-refractivity contribution in [2.24, 2.45) is 5.73 Å². The van der Waals surface area contributed by atoms with E-state index < -0.39 is 11.5 Å². The van der Waals surface area contributed by atoms with Crippen LogP contribution in [0.5, 0.6) is 0 Å². The Labute approximate surface area is 66.2 Å². The predicted molar refractivity (Wildman–Crippen MR) is 43.8 cm³/mol. The second kappa shape index (κ2) is 3.34. The van der Waals surface area contributed by atoms with Gasteiger partial charge in [-0.05, 0) is 19.9 Å². The summed E-state index contributed by atoms with van der Waals surface area (Å²) in [6, 6.07) is 0. The smallest absolute Gasteiger partial charge is 0.253 e. The van der Waals surface area contributed by atoms with Crippen molar-refractivity contribution in [3.63, 3.8) is 0 Å². The van der Waals surface area contributed by atoms with Crippen LogP contribution in [0, 0.1) is 0 Å². The van der Waals surface area contributed by atoms with Crippen LogP contribution in [0.4, 0.5) is 0 Å². The first-order valence-electron chi connectivity index (χ1n) is 3.23. The summed E-state index contributed by atoms with van der Waals surface area (Å²) in [6.07, 6.45) is 2.86. The third-order valence-electron chi connectivity index (χ3n) is 1.19. The highest BCUT2D eigenvalue weighted by molar-refractivity contribution is 5.84. The monoisotopic (exact) mass is 155 g/mol. The molecule has 0 heterocycles. The van der Waals surface area contributed by atoms with Crippen molar-refractivity contribution >= 4 is 5.91 Å². The summed E-state index contributed by atoms with van der Waals surface area (Å²) in [7, 11) is 0. The third kappa shape index (κ3) is 3.57. The summed E-state index contributed by atoms with van der Waals surface area (Å²) in [5.41, 5.74) is 4.07. The van der Waals surface area contributed by atoms with Crippen LogP contribution >= 0.6 is 0 Å². The molecule has 0 spiro atoms. The van der Waals surface area contributed by atoms with Gasteiger partial charge in [-0.15, -0.1) is 0 Å². The molecule has 1 atom stereocenters. The van der Waals surface area contributed by atoms with Gasteiger partial charge in [0.1, 0.15) is 0 Å². The first-order chi connectivity index (χ1) is 4.86. The van der Waals surface area contributed by atoms with E-state index in [4.69, 9.17) is 5.73 Å². The van der Waals surface area contributed by atoms with Crippen molar-refractivity contribution in [2.45, 2.75) is 19.4 Å². The SMILES string of the molecule is C=C(C)/C=C/C(C)(O)C(N)=O. The molecule has 0 saturated heterocycles. The molecule has 0 aromatic rings. The van der Waals surface area contributed by atoms with Crippen molar-refractivity contribution in [3.8, 4) is 0 Å². The number of rotatable bonds is 3. The Morgan fingerprint density at radius 1 is 1.73 bits per heavy atom. The molecule has 0 saturated carbocycles. The summed E-state index contributed by atoms with van der Waals surface area (Å²) in [5.74, 6) is -0.769. The summed E-state index contributed by atoms with van der Waals surface area (Å²) in [6.45, 7) is 6.65. The quantitative estimate of drug-likeness (QED) is 0.578. The fourth-order valence-electron chi connectivity index (χ4n) is 0.387. The highest BCUT2D eigenvalue weighted by Crippen LogP contribution is 2.05. The molecule has 0 rings (SSSR count). The number of hydrogen-bond acceptors (Lipinski definition) is 2. The highest BCUT2D eigenvalue weighted by Gasteiger charge is 2.22. The molecule has 0 bridgehead atoms. The maximum absolute atomic E-state index is 10.5. The molecule has 0 radical (unpaired) electrons. The van der Waals surface area contributed by atoms with E-state index >= 15 is 0 Å². The summed E-state index contributed by atoms with van der Waals surface area (Å²) < 4.78 is 0. The van der Waals surface area contributed by atoms with Crippen LogP contribution in [-0.4, -0.2) is 16.6 Å². The van der Waals surface area contributed by atoms with Crippen LogP contribution in [-0.2, 0) is 4.79 Å². The van der Waals surface area contributed by atoms with Gasteiger partial charge in [-0.1, -0.05) is 18.2 Å². The topological polar surface area (TPSA) is 63.3 Å². The lowest BCUT2D eigenvalue weighted by Gasteiger charge is -2.12. The zero-order chi connectivity index (χ0) is 9.07. The number of primary amides is 1. The normalized spacial score (nSPS) is 16.3. The molecule has 0 aliphatic heterocycles. The molecular weight excluding hydrogens is 142 g/mol. The van der Waals surface area contributed by atoms with Crippen molar-refractivity contribution in [1.29, 1.82) is 0 Å². The van der Waals surface area contributed by atoms with E-state index in [1.165, 1.54) is 13.0 Å². The fraction of sp³-hybridized carbons (Fsp3) is 0.375. The van der Waals surface area contributed by atoms with Gasteiger partial charge in [-0.2, -0.15) is 0 Å². The zero-order valence-corrected chi connectivity index (χ0v) is 6.79. The average Bonchev–Trinajstić information content (AvgIpc) is 1.84. The van der Waals surface area contributed by atoms with E-state index in [-0.39, 0.29) is 0 Å². The number of allylic oxidation sites excluding steroid dienone is 2. The standard InChI is InChI=1S/C8H13NO2/c1-6(2)4-5-8(3,11)7(9)10/h4-5,11H,1H2,2-3H3,(H2,9,10)/b5-4+. The van der Waals surface area contributed by atoms with E-state index in [9.17, 15) is 9.90 Å². The molecular formula is C8H13NO2. The molecule has 3 N–H and O–H groups in total. The van der Waals surface area contributed by atoms with Crippen LogP contribution in [0.2, 0.25) is 0 Å².